The van der Waals surface area contributed by atoms with Crippen molar-refractivity contribution in [3.05, 3.63) is 17.3 Å². The summed E-state index contributed by atoms with van der Waals surface area (Å²) < 4.78 is 26.0. The maximum absolute atomic E-state index is 12.3. The molecular formula is C10H17ClN4O2S. The van der Waals surface area contributed by atoms with Crippen LogP contribution in [0.25, 0.3) is 0 Å². The topological polar surface area (TPSA) is 88.3 Å². The molecule has 0 radical (unpaired) electrons. The molecule has 0 unspecified atom stereocenters. The van der Waals surface area contributed by atoms with E-state index in [0.29, 0.717) is 6.54 Å². The van der Waals surface area contributed by atoms with Crippen molar-refractivity contribution in [2.24, 2.45) is 5.84 Å². The maximum atomic E-state index is 12.3. The van der Waals surface area contributed by atoms with Crippen LogP contribution in [0, 0.1) is 0 Å². The molecule has 1 aromatic heterocycles. The van der Waals surface area contributed by atoms with Gasteiger partial charge in [-0.15, -0.1) is 0 Å². The van der Waals surface area contributed by atoms with Gasteiger partial charge in [0.05, 0.1) is 5.02 Å². The number of aromatic nitrogens is 1. The molecule has 0 saturated carbocycles. The van der Waals surface area contributed by atoms with Crippen LogP contribution in [0.3, 0.4) is 0 Å². The number of hydrogen-bond donors (Lipinski definition) is 2. The maximum Gasteiger partial charge on any atom is 0.244 e. The highest BCUT2D eigenvalue weighted by atomic mass is 35.5. The lowest BCUT2D eigenvalue weighted by Gasteiger charge is -2.24. The van der Waals surface area contributed by atoms with Crippen molar-refractivity contribution in [2.45, 2.75) is 31.7 Å². The smallest absolute Gasteiger partial charge is 0.244 e. The average Bonchev–Trinajstić information content (AvgIpc) is 2.28. The first-order chi connectivity index (χ1) is 8.34. The number of pyridine rings is 1. The number of hydrazine groups is 1. The van der Waals surface area contributed by atoms with Crippen LogP contribution in [0.15, 0.2) is 17.2 Å². The molecule has 1 aromatic rings. The van der Waals surface area contributed by atoms with E-state index in [4.69, 9.17) is 17.4 Å². The van der Waals surface area contributed by atoms with Gasteiger partial charge >= 0.3 is 0 Å². The van der Waals surface area contributed by atoms with Gasteiger partial charge in [-0.3, -0.25) is 0 Å². The summed E-state index contributed by atoms with van der Waals surface area (Å²) in [6, 6.07) is 1.20. The van der Waals surface area contributed by atoms with Crippen LogP contribution in [0.2, 0.25) is 5.02 Å². The highest BCUT2D eigenvalue weighted by Gasteiger charge is 2.26. The fraction of sp³-hybridized carbons (Fsp3) is 0.500. The minimum atomic E-state index is -3.58. The Morgan fingerprint density at radius 2 is 2.17 bits per heavy atom. The molecule has 1 heterocycles. The normalized spacial score (nSPS) is 12.2. The second-order valence-electron chi connectivity index (χ2n) is 3.95. The summed E-state index contributed by atoms with van der Waals surface area (Å²) >= 11 is 5.88. The minimum Gasteiger partial charge on any atom is -0.307 e. The molecular weight excluding hydrogens is 276 g/mol. The number of nitrogen functional groups attached to an aromatic ring is 1. The van der Waals surface area contributed by atoms with Gasteiger partial charge in [0, 0.05) is 18.8 Å². The zero-order valence-electron chi connectivity index (χ0n) is 10.5. The number of halogens is 1. The van der Waals surface area contributed by atoms with E-state index in [1.54, 1.807) is 6.92 Å². The van der Waals surface area contributed by atoms with Gasteiger partial charge in [-0.1, -0.05) is 18.5 Å². The second-order valence-corrected chi connectivity index (χ2v) is 6.25. The van der Waals surface area contributed by atoms with Gasteiger partial charge < -0.3 is 5.43 Å². The van der Waals surface area contributed by atoms with Crippen molar-refractivity contribution in [1.82, 2.24) is 9.29 Å². The SMILES string of the molecule is CCN(C(C)C)S(=O)(=O)c1cnc(NN)c(Cl)c1. The molecule has 0 amide bonds. The molecule has 0 aliphatic rings. The van der Waals surface area contributed by atoms with Crippen LogP contribution in [0.1, 0.15) is 20.8 Å². The van der Waals surface area contributed by atoms with Crippen LogP contribution in [0.5, 0.6) is 0 Å². The molecule has 6 nitrogen and oxygen atoms in total. The van der Waals surface area contributed by atoms with Crippen LogP contribution in [0.4, 0.5) is 5.82 Å². The van der Waals surface area contributed by atoms with Gasteiger partial charge in [0.25, 0.3) is 0 Å². The number of rotatable bonds is 5. The predicted octanol–water partition coefficient (Wildman–Crippen LogP) is 1.44. The summed E-state index contributed by atoms with van der Waals surface area (Å²) in [4.78, 5) is 3.92. The zero-order valence-corrected chi connectivity index (χ0v) is 12.1. The first-order valence-electron chi connectivity index (χ1n) is 5.48. The number of nitrogens with one attached hydrogen (secondary N) is 1. The van der Waals surface area contributed by atoms with Crippen LogP contribution in [-0.2, 0) is 10.0 Å². The summed E-state index contributed by atoms with van der Waals surface area (Å²) in [6.07, 6.45) is 1.24. The molecule has 0 aromatic carbocycles. The van der Waals surface area contributed by atoms with Gasteiger partial charge in [0.2, 0.25) is 10.0 Å². The van der Waals surface area contributed by atoms with E-state index in [2.05, 4.69) is 10.4 Å². The van der Waals surface area contributed by atoms with Crippen LogP contribution >= 0.6 is 11.6 Å². The first-order valence-corrected chi connectivity index (χ1v) is 7.30. The van der Waals surface area contributed by atoms with E-state index >= 15 is 0 Å². The Kier molecular flexibility index (Phi) is 4.92. The Hall–Kier alpha value is -0.890. The number of nitrogens with two attached hydrogens (primary N) is 1. The summed E-state index contributed by atoms with van der Waals surface area (Å²) in [5.41, 5.74) is 2.29. The first kappa shape index (κ1) is 15.2. The highest BCUT2D eigenvalue weighted by molar-refractivity contribution is 7.89. The largest absolute Gasteiger partial charge is 0.307 e. The van der Waals surface area contributed by atoms with Crippen molar-refractivity contribution in [2.75, 3.05) is 12.0 Å². The summed E-state index contributed by atoms with van der Waals surface area (Å²) in [6.45, 7) is 5.79. The van der Waals surface area contributed by atoms with Gasteiger partial charge in [-0.2, -0.15) is 4.31 Å². The van der Waals surface area contributed by atoms with Gasteiger partial charge in [-0.05, 0) is 19.9 Å². The van der Waals surface area contributed by atoms with Crippen LogP contribution < -0.4 is 11.3 Å². The monoisotopic (exact) mass is 292 g/mol. The molecule has 0 atom stereocenters. The van der Waals surface area contributed by atoms with Gasteiger partial charge in [-0.25, -0.2) is 19.2 Å². The number of anilines is 1. The highest BCUT2D eigenvalue weighted by Crippen LogP contribution is 2.24. The third kappa shape index (κ3) is 2.92. The van der Waals surface area contributed by atoms with Crippen molar-refractivity contribution < 1.29 is 8.42 Å². The van der Waals surface area contributed by atoms with E-state index in [9.17, 15) is 8.42 Å². The molecule has 0 fully saturated rings. The minimum absolute atomic E-state index is 0.0575. The predicted molar refractivity (Wildman–Crippen MR) is 71.8 cm³/mol. The summed E-state index contributed by atoms with van der Waals surface area (Å²) in [5, 5.41) is 0.165. The molecule has 0 aliphatic heterocycles. The quantitative estimate of drug-likeness (QED) is 0.633. The van der Waals surface area contributed by atoms with Crippen molar-refractivity contribution in [3.8, 4) is 0 Å². The van der Waals surface area contributed by atoms with E-state index < -0.39 is 10.0 Å². The number of hydrogen-bond acceptors (Lipinski definition) is 5. The second kappa shape index (κ2) is 5.83. The molecule has 18 heavy (non-hydrogen) atoms. The number of nitrogens with zero attached hydrogens (tertiary/aromatic N) is 2. The molecule has 8 heteroatoms. The molecule has 102 valence electrons. The average molecular weight is 293 g/mol. The third-order valence-electron chi connectivity index (χ3n) is 2.45. The molecule has 0 spiro atoms. The van der Waals surface area contributed by atoms with E-state index in [1.807, 2.05) is 13.8 Å². The Bertz CT molecular complexity index is 519. The third-order valence-corrected chi connectivity index (χ3v) is 4.85. The molecule has 1 rings (SSSR count). The van der Waals surface area contributed by atoms with Crippen molar-refractivity contribution >= 4 is 27.4 Å². The lowest BCUT2D eigenvalue weighted by Crippen LogP contribution is -2.36. The van der Waals surface area contributed by atoms with Gasteiger partial charge in [0.1, 0.15) is 4.90 Å². The fourth-order valence-corrected chi connectivity index (χ4v) is 3.52. The van der Waals surface area contributed by atoms with E-state index in [0.717, 1.165) is 0 Å². The summed E-state index contributed by atoms with van der Waals surface area (Å²) in [5.74, 6) is 5.43. The molecule has 0 bridgehead atoms. The molecule has 0 aliphatic carbocycles. The Morgan fingerprint density at radius 1 is 1.56 bits per heavy atom. The lowest BCUT2D eigenvalue weighted by molar-refractivity contribution is 0.369. The summed E-state index contributed by atoms with van der Waals surface area (Å²) in [7, 11) is -3.58. The lowest BCUT2D eigenvalue weighted by atomic mass is 10.4. The standard InChI is InChI=1S/C10H17ClN4O2S/c1-4-15(7(2)3)18(16,17)8-5-9(11)10(14-12)13-6-8/h5-7H,4,12H2,1-3H3,(H,13,14). The Balaban J connectivity index is 3.24. The van der Waals surface area contributed by atoms with E-state index in [-0.39, 0.29) is 21.8 Å². The van der Waals surface area contributed by atoms with E-state index in [1.165, 1.54) is 16.6 Å². The van der Waals surface area contributed by atoms with Crippen molar-refractivity contribution in [1.29, 1.82) is 0 Å². The zero-order chi connectivity index (χ0) is 13.9. The Morgan fingerprint density at radius 3 is 2.56 bits per heavy atom. The number of sulfonamides is 1. The molecule has 0 saturated heterocycles. The van der Waals surface area contributed by atoms with Crippen molar-refractivity contribution in [3.63, 3.8) is 0 Å². The fourth-order valence-electron chi connectivity index (χ4n) is 1.62. The Labute approximate surface area is 112 Å². The molecule has 3 N–H and O–H groups in total. The van der Waals surface area contributed by atoms with Gasteiger partial charge in [0.15, 0.2) is 5.82 Å². The van der Waals surface area contributed by atoms with Crippen LogP contribution in [-0.4, -0.2) is 30.3 Å².